The van der Waals surface area contributed by atoms with E-state index < -0.39 is 0 Å². The van der Waals surface area contributed by atoms with Crippen molar-refractivity contribution in [2.45, 2.75) is 37.6 Å². The molecule has 1 unspecified atom stereocenters. The predicted octanol–water partition coefficient (Wildman–Crippen LogP) is 3.48. The normalized spacial score (nSPS) is 12.1. The molecule has 0 aliphatic carbocycles. The number of hydrogen-bond acceptors (Lipinski definition) is 2. The molecule has 0 saturated carbocycles. The lowest BCUT2D eigenvalue weighted by molar-refractivity contribution is 0.563. The molecule has 1 nitrogen and oxygen atoms in total. The first-order chi connectivity index (χ1) is 8.26. The van der Waals surface area contributed by atoms with Gasteiger partial charge in [0.1, 0.15) is 0 Å². The van der Waals surface area contributed by atoms with Crippen LogP contribution in [0, 0.1) is 19.3 Å². The van der Waals surface area contributed by atoms with Crippen LogP contribution in [0.1, 0.15) is 25.3 Å². The smallest absolute Gasteiger partial charge is 0.0271 e. The van der Waals surface area contributed by atoms with Crippen LogP contribution < -0.4 is 5.32 Å². The lowest BCUT2D eigenvalue weighted by Gasteiger charge is -2.15. The van der Waals surface area contributed by atoms with Crippen molar-refractivity contribution in [3.63, 3.8) is 0 Å². The van der Waals surface area contributed by atoms with Crippen molar-refractivity contribution in [2.24, 2.45) is 0 Å². The second-order valence-electron chi connectivity index (χ2n) is 4.19. The van der Waals surface area contributed by atoms with Gasteiger partial charge < -0.3 is 5.32 Å². The fourth-order valence-electron chi connectivity index (χ4n) is 1.58. The molecule has 0 amide bonds. The van der Waals surface area contributed by atoms with Gasteiger partial charge in [0.15, 0.2) is 0 Å². The first-order valence-electron chi connectivity index (χ1n) is 6.12. The van der Waals surface area contributed by atoms with Crippen molar-refractivity contribution in [1.82, 2.24) is 5.32 Å². The minimum atomic E-state index is 0.422. The second-order valence-corrected chi connectivity index (χ2v) is 5.28. The standard InChI is InChI=1S/C15H21NS/c1-4-7-14(16-10-5-2)12-17-15-9-6-8-13(3)11-15/h1,6,8-9,11,14,16H,5,7,10,12H2,2-3H3. The average Bonchev–Trinajstić information content (AvgIpc) is 2.33. The summed E-state index contributed by atoms with van der Waals surface area (Å²) in [7, 11) is 0. The van der Waals surface area contributed by atoms with E-state index in [1.165, 1.54) is 10.5 Å². The van der Waals surface area contributed by atoms with E-state index in [2.05, 4.69) is 49.4 Å². The van der Waals surface area contributed by atoms with Gasteiger partial charge in [-0.2, -0.15) is 0 Å². The third-order valence-electron chi connectivity index (χ3n) is 2.49. The van der Waals surface area contributed by atoms with Gasteiger partial charge in [-0.1, -0.05) is 24.6 Å². The summed E-state index contributed by atoms with van der Waals surface area (Å²) in [5.41, 5.74) is 1.31. The highest BCUT2D eigenvalue weighted by Crippen LogP contribution is 2.20. The van der Waals surface area contributed by atoms with Crippen molar-refractivity contribution in [3.05, 3.63) is 29.8 Å². The maximum atomic E-state index is 5.39. The summed E-state index contributed by atoms with van der Waals surface area (Å²) in [5, 5.41) is 3.49. The SMILES string of the molecule is C#CCC(CSc1cccc(C)c1)NCCC. The van der Waals surface area contributed by atoms with E-state index in [0.717, 1.165) is 25.1 Å². The molecule has 0 aliphatic heterocycles. The van der Waals surface area contributed by atoms with Crippen molar-refractivity contribution in [3.8, 4) is 12.3 Å². The van der Waals surface area contributed by atoms with Gasteiger partial charge in [-0.3, -0.25) is 0 Å². The molecule has 2 heteroatoms. The number of nitrogens with one attached hydrogen (secondary N) is 1. The Bertz CT molecular complexity index is 367. The molecule has 0 heterocycles. The first-order valence-corrected chi connectivity index (χ1v) is 7.11. The van der Waals surface area contributed by atoms with Crippen LogP contribution in [0.15, 0.2) is 29.2 Å². The molecule has 1 atom stereocenters. The van der Waals surface area contributed by atoms with E-state index in [9.17, 15) is 0 Å². The highest BCUT2D eigenvalue weighted by Gasteiger charge is 2.06. The molecule has 0 saturated heterocycles. The van der Waals surface area contributed by atoms with E-state index in [4.69, 9.17) is 6.42 Å². The number of benzene rings is 1. The van der Waals surface area contributed by atoms with Crippen LogP contribution in [-0.2, 0) is 0 Å². The second kappa shape index (κ2) is 8.22. The Balaban J connectivity index is 2.43. The molecule has 0 fully saturated rings. The number of hydrogen-bond donors (Lipinski definition) is 1. The molecule has 1 N–H and O–H groups in total. The highest BCUT2D eigenvalue weighted by molar-refractivity contribution is 7.99. The van der Waals surface area contributed by atoms with Gasteiger partial charge in [0.2, 0.25) is 0 Å². The maximum Gasteiger partial charge on any atom is 0.0271 e. The zero-order valence-corrected chi connectivity index (χ0v) is 11.5. The van der Waals surface area contributed by atoms with Crippen molar-refractivity contribution >= 4 is 11.8 Å². The minimum Gasteiger partial charge on any atom is -0.312 e. The molecule has 92 valence electrons. The van der Waals surface area contributed by atoms with Gasteiger partial charge >= 0.3 is 0 Å². The van der Waals surface area contributed by atoms with E-state index in [-0.39, 0.29) is 0 Å². The lowest BCUT2D eigenvalue weighted by atomic mass is 10.2. The molecule has 0 aliphatic rings. The zero-order valence-electron chi connectivity index (χ0n) is 10.7. The summed E-state index contributed by atoms with van der Waals surface area (Å²) in [5.74, 6) is 3.78. The lowest BCUT2D eigenvalue weighted by Crippen LogP contribution is -2.31. The summed E-state index contributed by atoms with van der Waals surface area (Å²) >= 11 is 1.88. The summed E-state index contributed by atoms with van der Waals surface area (Å²) in [6, 6.07) is 9.03. The molecule has 0 spiro atoms. The first kappa shape index (κ1) is 14.2. The number of thioether (sulfide) groups is 1. The van der Waals surface area contributed by atoms with Crippen LogP contribution in [0.4, 0.5) is 0 Å². The van der Waals surface area contributed by atoms with Gasteiger partial charge in [-0.25, -0.2) is 0 Å². The molecule has 1 aromatic rings. The topological polar surface area (TPSA) is 12.0 Å². The van der Waals surface area contributed by atoms with Crippen molar-refractivity contribution in [1.29, 1.82) is 0 Å². The molecule has 0 bridgehead atoms. The van der Waals surface area contributed by atoms with Crippen LogP contribution in [0.2, 0.25) is 0 Å². The van der Waals surface area contributed by atoms with Gasteiger partial charge in [-0.05, 0) is 32.0 Å². The van der Waals surface area contributed by atoms with Crippen LogP contribution in [-0.4, -0.2) is 18.3 Å². The van der Waals surface area contributed by atoms with E-state index >= 15 is 0 Å². The Kier molecular flexibility index (Phi) is 6.84. The van der Waals surface area contributed by atoms with E-state index in [0.29, 0.717) is 6.04 Å². The molecule has 0 aromatic heterocycles. The quantitative estimate of drug-likeness (QED) is 0.585. The van der Waals surface area contributed by atoms with Crippen LogP contribution >= 0.6 is 11.8 Å². The Morgan fingerprint density at radius 3 is 2.94 bits per heavy atom. The molecule has 17 heavy (non-hydrogen) atoms. The van der Waals surface area contributed by atoms with Gasteiger partial charge in [0.05, 0.1) is 0 Å². The minimum absolute atomic E-state index is 0.422. The molecule has 1 rings (SSSR count). The predicted molar refractivity (Wildman–Crippen MR) is 77.4 cm³/mol. The van der Waals surface area contributed by atoms with E-state index in [1.54, 1.807) is 0 Å². The van der Waals surface area contributed by atoms with Crippen LogP contribution in [0.3, 0.4) is 0 Å². The molecule has 0 radical (unpaired) electrons. The summed E-state index contributed by atoms with van der Waals surface area (Å²) < 4.78 is 0. The molecular formula is C15H21NS. The maximum absolute atomic E-state index is 5.39. The number of aryl methyl sites for hydroxylation is 1. The number of rotatable bonds is 7. The fraction of sp³-hybridized carbons (Fsp3) is 0.467. The third kappa shape index (κ3) is 5.81. The summed E-state index contributed by atoms with van der Waals surface area (Å²) in [4.78, 5) is 1.32. The van der Waals surface area contributed by atoms with Crippen molar-refractivity contribution < 1.29 is 0 Å². The fourth-order valence-corrected chi connectivity index (χ4v) is 2.66. The Morgan fingerprint density at radius 1 is 1.47 bits per heavy atom. The zero-order chi connectivity index (χ0) is 12.5. The summed E-state index contributed by atoms with van der Waals surface area (Å²) in [6.07, 6.45) is 7.35. The van der Waals surface area contributed by atoms with E-state index in [1.807, 2.05) is 11.8 Å². The average molecular weight is 247 g/mol. The Morgan fingerprint density at radius 2 is 2.29 bits per heavy atom. The monoisotopic (exact) mass is 247 g/mol. The number of terminal acetylenes is 1. The van der Waals surface area contributed by atoms with Gasteiger partial charge in [0, 0.05) is 23.1 Å². The molecular weight excluding hydrogens is 226 g/mol. The molecule has 1 aromatic carbocycles. The van der Waals surface area contributed by atoms with Crippen LogP contribution in [0.5, 0.6) is 0 Å². The van der Waals surface area contributed by atoms with Gasteiger partial charge in [-0.15, -0.1) is 24.1 Å². The van der Waals surface area contributed by atoms with Crippen molar-refractivity contribution in [2.75, 3.05) is 12.3 Å². The Hall–Kier alpha value is -0.910. The summed E-state index contributed by atoms with van der Waals surface area (Å²) in [6.45, 7) is 5.34. The van der Waals surface area contributed by atoms with Gasteiger partial charge in [0.25, 0.3) is 0 Å². The van der Waals surface area contributed by atoms with Crippen LogP contribution in [0.25, 0.3) is 0 Å². The highest BCUT2D eigenvalue weighted by atomic mass is 32.2. The Labute approximate surface area is 109 Å². The largest absolute Gasteiger partial charge is 0.312 e. The third-order valence-corrected chi connectivity index (χ3v) is 3.64.